The summed E-state index contributed by atoms with van der Waals surface area (Å²) in [4.78, 5) is 1.48. The zero-order valence-electron chi connectivity index (χ0n) is 10.3. The molecule has 1 N–H and O–H groups in total. The van der Waals surface area contributed by atoms with Crippen molar-refractivity contribution in [1.29, 1.82) is 0 Å². The Labute approximate surface area is 97.9 Å². The van der Waals surface area contributed by atoms with Gasteiger partial charge in [-0.2, -0.15) is 0 Å². The molecule has 0 fully saturated rings. The van der Waals surface area contributed by atoms with E-state index in [1.54, 1.807) is 0 Å². The van der Waals surface area contributed by atoms with Crippen LogP contribution in [0.3, 0.4) is 0 Å². The van der Waals surface area contributed by atoms with Gasteiger partial charge in [0.25, 0.3) is 0 Å². The van der Waals surface area contributed by atoms with E-state index < -0.39 is 0 Å². The van der Waals surface area contributed by atoms with Crippen molar-refractivity contribution >= 4 is 11.3 Å². The van der Waals surface area contributed by atoms with Gasteiger partial charge in [-0.1, -0.05) is 26.8 Å². The van der Waals surface area contributed by atoms with Gasteiger partial charge in [-0.15, -0.1) is 11.3 Å². The van der Waals surface area contributed by atoms with Gasteiger partial charge in [0, 0.05) is 17.0 Å². The van der Waals surface area contributed by atoms with E-state index in [1.807, 2.05) is 11.3 Å². The zero-order chi connectivity index (χ0) is 11.3. The lowest BCUT2D eigenvalue weighted by molar-refractivity contribution is 0.388. The second-order valence-electron chi connectivity index (χ2n) is 4.67. The molecule has 86 valence electrons. The molecular formula is C13H23NS. The van der Waals surface area contributed by atoms with Gasteiger partial charge in [-0.25, -0.2) is 0 Å². The molecule has 0 aliphatic carbocycles. The first-order valence-corrected chi connectivity index (χ1v) is 6.80. The van der Waals surface area contributed by atoms with Gasteiger partial charge in [-0.05, 0) is 37.1 Å². The van der Waals surface area contributed by atoms with E-state index in [0.717, 1.165) is 5.92 Å². The first-order chi connectivity index (χ1) is 7.13. The Morgan fingerprint density at radius 3 is 2.53 bits per heavy atom. The first kappa shape index (κ1) is 12.7. The van der Waals surface area contributed by atoms with Crippen molar-refractivity contribution in [2.45, 2.75) is 52.6 Å². The van der Waals surface area contributed by atoms with Crippen molar-refractivity contribution in [3.8, 4) is 0 Å². The van der Waals surface area contributed by atoms with Crippen molar-refractivity contribution in [2.75, 3.05) is 0 Å². The minimum absolute atomic E-state index is 0.542. The fourth-order valence-electron chi connectivity index (χ4n) is 1.69. The van der Waals surface area contributed by atoms with Gasteiger partial charge in [-0.3, -0.25) is 0 Å². The van der Waals surface area contributed by atoms with Crippen LogP contribution in [0.25, 0.3) is 0 Å². The third-order valence-corrected chi connectivity index (χ3v) is 3.68. The molecule has 0 aliphatic rings. The largest absolute Gasteiger partial charge is 0.307 e. The predicted molar refractivity (Wildman–Crippen MR) is 69.4 cm³/mol. The van der Waals surface area contributed by atoms with E-state index in [4.69, 9.17) is 0 Å². The highest BCUT2D eigenvalue weighted by Gasteiger charge is 2.15. The van der Waals surface area contributed by atoms with Gasteiger partial charge < -0.3 is 5.32 Å². The highest BCUT2D eigenvalue weighted by Crippen LogP contribution is 2.25. The molecule has 2 heteroatoms. The van der Waals surface area contributed by atoms with Crippen molar-refractivity contribution in [3.63, 3.8) is 0 Å². The van der Waals surface area contributed by atoms with Crippen molar-refractivity contribution in [1.82, 2.24) is 5.32 Å². The number of thiophene rings is 1. The van der Waals surface area contributed by atoms with Gasteiger partial charge >= 0.3 is 0 Å². The highest BCUT2D eigenvalue weighted by atomic mass is 32.1. The lowest BCUT2D eigenvalue weighted by Crippen LogP contribution is -2.30. The molecule has 0 amide bonds. The van der Waals surface area contributed by atoms with Crippen LogP contribution in [0.1, 0.15) is 51.5 Å². The fraction of sp³-hybridized carbons (Fsp3) is 0.692. The van der Waals surface area contributed by atoms with Gasteiger partial charge in [0.15, 0.2) is 0 Å². The minimum atomic E-state index is 0.542. The van der Waals surface area contributed by atoms with E-state index in [-0.39, 0.29) is 0 Å². The molecule has 1 rings (SSSR count). The van der Waals surface area contributed by atoms with Crippen LogP contribution in [0, 0.1) is 5.92 Å². The maximum Gasteiger partial charge on any atom is 0.0419 e. The maximum absolute atomic E-state index is 3.71. The molecule has 1 nitrogen and oxygen atoms in total. The minimum Gasteiger partial charge on any atom is -0.307 e. The second-order valence-corrected chi connectivity index (χ2v) is 5.65. The normalized spacial score (nSPS) is 15.5. The summed E-state index contributed by atoms with van der Waals surface area (Å²) in [7, 11) is 0. The molecule has 1 aromatic rings. The van der Waals surface area contributed by atoms with E-state index in [0.29, 0.717) is 12.1 Å². The van der Waals surface area contributed by atoms with Gasteiger partial charge in [0.05, 0.1) is 0 Å². The Kier molecular flexibility index (Phi) is 5.34. The monoisotopic (exact) mass is 225 g/mol. The number of nitrogens with one attached hydrogen (secondary N) is 1. The molecule has 2 atom stereocenters. The number of rotatable bonds is 6. The molecular weight excluding hydrogens is 202 g/mol. The van der Waals surface area contributed by atoms with Crippen molar-refractivity contribution < 1.29 is 0 Å². The third kappa shape index (κ3) is 4.35. The molecule has 1 aromatic heterocycles. The van der Waals surface area contributed by atoms with Crippen LogP contribution in [-0.2, 0) is 0 Å². The quantitative estimate of drug-likeness (QED) is 0.764. The standard InChI is InChI=1S/C13H23NS/c1-5-11(4)14-12(9-10(2)3)13-7-6-8-15-13/h6-8,10-12,14H,5,9H2,1-4H3. The average molecular weight is 225 g/mol. The molecule has 0 saturated carbocycles. The van der Waals surface area contributed by atoms with Crippen LogP contribution in [0.15, 0.2) is 17.5 Å². The Hall–Kier alpha value is -0.340. The van der Waals surface area contributed by atoms with E-state index in [1.165, 1.54) is 17.7 Å². The van der Waals surface area contributed by atoms with Crippen LogP contribution in [0.4, 0.5) is 0 Å². The predicted octanol–water partition coefficient (Wildman–Crippen LogP) is 4.22. The molecule has 2 unspecified atom stereocenters. The molecule has 1 heterocycles. The Morgan fingerprint density at radius 2 is 2.07 bits per heavy atom. The van der Waals surface area contributed by atoms with Crippen LogP contribution >= 0.6 is 11.3 Å². The van der Waals surface area contributed by atoms with E-state index >= 15 is 0 Å². The highest BCUT2D eigenvalue weighted by molar-refractivity contribution is 7.10. The average Bonchev–Trinajstić information content (AvgIpc) is 2.68. The van der Waals surface area contributed by atoms with Gasteiger partial charge in [0.1, 0.15) is 0 Å². The zero-order valence-corrected chi connectivity index (χ0v) is 11.1. The molecule has 15 heavy (non-hydrogen) atoms. The lowest BCUT2D eigenvalue weighted by atomic mass is 10.0. The summed E-state index contributed by atoms with van der Waals surface area (Å²) in [6.45, 7) is 9.08. The van der Waals surface area contributed by atoms with Crippen molar-refractivity contribution in [3.05, 3.63) is 22.4 Å². The molecule has 0 radical (unpaired) electrons. The molecule has 0 aliphatic heterocycles. The Bertz CT molecular complexity index is 254. The third-order valence-electron chi connectivity index (χ3n) is 2.69. The topological polar surface area (TPSA) is 12.0 Å². The summed E-state index contributed by atoms with van der Waals surface area (Å²) in [5, 5.41) is 5.88. The van der Waals surface area contributed by atoms with E-state index in [2.05, 4.69) is 50.5 Å². The van der Waals surface area contributed by atoms with Gasteiger partial charge in [0.2, 0.25) is 0 Å². The Balaban J connectivity index is 2.61. The second kappa shape index (κ2) is 6.29. The summed E-state index contributed by atoms with van der Waals surface area (Å²) in [6.07, 6.45) is 2.42. The first-order valence-electron chi connectivity index (χ1n) is 5.93. The van der Waals surface area contributed by atoms with E-state index in [9.17, 15) is 0 Å². The summed E-state index contributed by atoms with van der Waals surface area (Å²) in [5.41, 5.74) is 0. The number of hydrogen-bond acceptors (Lipinski definition) is 2. The SMILES string of the molecule is CCC(C)NC(CC(C)C)c1cccs1. The fourth-order valence-corrected chi connectivity index (χ4v) is 2.49. The molecule has 0 aromatic carbocycles. The smallest absolute Gasteiger partial charge is 0.0419 e. The maximum atomic E-state index is 3.71. The van der Waals surface area contributed by atoms with Crippen LogP contribution < -0.4 is 5.32 Å². The molecule has 0 bridgehead atoms. The summed E-state index contributed by atoms with van der Waals surface area (Å²) in [5.74, 6) is 0.744. The summed E-state index contributed by atoms with van der Waals surface area (Å²) >= 11 is 1.86. The van der Waals surface area contributed by atoms with Crippen LogP contribution in [0.2, 0.25) is 0 Å². The molecule has 0 saturated heterocycles. The summed E-state index contributed by atoms with van der Waals surface area (Å²) in [6, 6.07) is 5.54. The Morgan fingerprint density at radius 1 is 1.33 bits per heavy atom. The number of hydrogen-bond donors (Lipinski definition) is 1. The van der Waals surface area contributed by atoms with Crippen molar-refractivity contribution in [2.24, 2.45) is 5.92 Å². The van der Waals surface area contributed by atoms with Crippen LogP contribution in [0.5, 0.6) is 0 Å². The van der Waals surface area contributed by atoms with Crippen LogP contribution in [-0.4, -0.2) is 6.04 Å². The summed E-state index contributed by atoms with van der Waals surface area (Å²) < 4.78 is 0. The lowest BCUT2D eigenvalue weighted by Gasteiger charge is -2.23. The molecule has 0 spiro atoms.